The lowest BCUT2D eigenvalue weighted by Gasteiger charge is -2.05. The molecule has 0 heterocycles. The number of hydrogen-bond acceptors (Lipinski definition) is 2. The zero-order chi connectivity index (χ0) is 12.0. The number of benzene rings is 1. The summed E-state index contributed by atoms with van der Waals surface area (Å²) in [6.07, 6.45) is 1.82. The zero-order valence-electron chi connectivity index (χ0n) is 10.3. The lowest BCUT2D eigenvalue weighted by Crippen LogP contribution is -2.03. The third kappa shape index (κ3) is 4.40. The van der Waals surface area contributed by atoms with Gasteiger partial charge in [0.2, 0.25) is 0 Å². The molecule has 0 radical (unpaired) electrons. The van der Waals surface area contributed by atoms with E-state index in [0.717, 1.165) is 11.3 Å². The van der Waals surface area contributed by atoms with Crippen LogP contribution in [0.4, 0.5) is 0 Å². The van der Waals surface area contributed by atoms with Crippen molar-refractivity contribution in [3.63, 3.8) is 0 Å². The largest absolute Gasteiger partial charge is 0.294 e. The maximum absolute atomic E-state index is 11.8. The highest BCUT2D eigenvalue weighted by Gasteiger charge is 2.07. The molecule has 0 amide bonds. The van der Waals surface area contributed by atoms with Gasteiger partial charge in [0.05, 0.1) is 0 Å². The molecule has 1 aromatic rings. The van der Waals surface area contributed by atoms with Crippen molar-refractivity contribution in [1.82, 2.24) is 0 Å². The highest BCUT2D eigenvalue weighted by atomic mass is 32.2. The maximum atomic E-state index is 11.8. The molecule has 16 heavy (non-hydrogen) atoms. The van der Waals surface area contributed by atoms with Gasteiger partial charge < -0.3 is 0 Å². The van der Waals surface area contributed by atoms with Gasteiger partial charge in [0.15, 0.2) is 5.78 Å². The van der Waals surface area contributed by atoms with Gasteiger partial charge in [-0.25, -0.2) is 0 Å². The number of carbonyl (C=O) groups excluding carboxylic acids is 1. The normalized spacial score (nSPS) is 10.8. The number of thioether (sulfide) groups is 1. The first-order valence-corrected chi connectivity index (χ1v) is 6.88. The van der Waals surface area contributed by atoms with Gasteiger partial charge in [-0.2, -0.15) is 0 Å². The van der Waals surface area contributed by atoms with E-state index in [4.69, 9.17) is 0 Å². The molecule has 0 spiro atoms. The van der Waals surface area contributed by atoms with Gasteiger partial charge in [-0.05, 0) is 30.2 Å². The van der Waals surface area contributed by atoms with E-state index in [1.165, 1.54) is 11.3 Å². The predicted molar refractivity (Wildman–Crippen MR) is 71.2 cm³/mol. The fourth-order valence-corrected chi connectivity index (χ4v) is 2.21. The molecule has 0 aliphatic carbocycles. The number of ketones is 1. The highest BCUT2D eigenvalue weighted by Crippen LogP contribution is 2.20. The average Bonchev–Trinajstić information content (AvgIpc) is 2.26. The van der Waals surface area contributed by atoms with Crippen molar-refractivity contribution in [2.75, 3.05) is 5.75 Å². The molecule has 0 fully saturated rings. The molecule has 0 saturated heterocycles. The lowest BCUT2D eigenvalue weighted by molar-refractivity contribution is 0.0968. The summed E-state index contributed by atoms with van der Waals surface area (Å²) in [6, 6.07) is 7.99. The van der Waals surface area contributed by atoms with Crippen LogP contribution >= 0.6 is 11.8 Å². The van der Waals surface area contributed by atoms with E-state index in [1.807, 2.05) is 36.0 Å². The second-order valence-corrected chi connectivity index (χ2v) is 5.56. The van der Waals surface area contributed by atoms with Crippen LogP contribution in [0.25, 0.3) is 0 Å². The summed E-state index contributed by atoms with van der Waals surface area (Å²) in [7, 11) is 0. The Bertz CT molecular complexity index is 327. The Balaban J connectivity index is 2.60. The standard InChI is InChI=1S/C14H20OS/c1-4-9-16-13-7-5-12(6-8-13)14(15)10-11(2)3/h5-8,11H,4,9-10H2,1-3H3. The minimum absolute atomic E-state index is 0.252. The molecule has 88 valence electrons. The molecule has 0 saturated carbocycles. The summed E-state index contributed by atoms with van der Waals surface area (Å²) in [4.78, 5) is 13.0. The van der Waals surface area contributed by atoms with Crippen molar-refractivity contribution in [3.8, 4) is 0 Å². The van der Waals surface area contributed by atoms with Gasteiger partial charge in [0.25, 0.3) is 0 Å². The third-order valence-electron chi connectivity index (χ3n) is 2.24. The zero-order valence-corrected chi connectivity index (χ0v) is 11.1. The van der Waals surface area contributed by atoms with Crippen LogP contribution in [-0.2, 0) is 0 Å². The van der Waals surface area contributed by atoms with Crippen LogP contribution in [-0.4, -0.2) is 11.5 Å². The lowest BCUT2D eigenvalue weighted by atomic mass is 10.0. The van der Waals surface area contributed by atoms with Gasteiger partial charge in [-0.1, -0.05) is 32.9 Å². The van der Waals surface area contributed by atoms with Crippen molar-refractivity contribution >= 4 is 17.5 Å². The molecule has 0 aromatic heterocycles. The second kappa shape index (κ2) is 6.74. The average molecular weight is 236 g/mol. The van der Waals surface area contributed by atoms with Crippen LogP contribution in [0.15, 0.2) is 29.2 Å². The maximum Gasteiger partial charge on any atom is 0.163 e. The molecular weight excluding hydrogens is 216 g/mol. The molecule has 1 nitrogen and oxygen atoms in total. The van der Waals surface area contributed by atoms with Gasteiger partial charge in [-0.3, -0.25) is 4.79 Å². The Morgan fingerprint density at radius 3 is 2.38 bits per heavy atom. The molecule has 0 aliphatic heterocycles. The van der Waals surface area contributed by atoms with Crippen molar-refractivity contribution in [1.29, 1.82) is 0 Å². The van der Waals surface area contributed by atoms with Gasteiger partial charge >= 0.3 is 0 Å². The van der Waals surface area contributed by atoms with Crippen LogP contribution in [0.5, 0.6) is 0 Å². The molecule has 0 atom stereocenters. The molecule has 2 heteroatoms. The number of rotatable bonds is 6. The van der Waals surface area contributed by atoms with Crippen molar-refractivity contribution < 1.29 is 4.79 Å². The van der Waals surface area contributed by atoms with Crippen molar-refractivity contribution in [3.05, 3.63) is 29.8 Å². The van der Waals surface area contributed by atoms with Crippen LogP contribution < -0.4 is 0 Å². The number of Topliss-reactive ketones (excluding diaryl/α,β-unsaturated/α-hetero) is 1. The summed E-state index contributed by atoms with van der Waals surface area (Å²) >= 11 is 1.84. The quantitative estimate of drug-likeness (QED) is 0.537. The van der Waals surface area contributed by atoms with Gasteiger partial charge in [0.1, 0.15) is 0 Å². The van der Waals surface area contributed by atoms with E-state index < -0.39 is 0 Å². The van der Waals surface area contributed by atoms with Gasteiger partial charge in [0, 0.05) is 16.9 Å². The van der Waals surface area contributed by atoms with Crippen molar-refractivity contribution in [2.45, 2.75) is 38.5 Å². The van der Waals surface area contributed by atoms with E-state index in [9.17, 15) is 4.79 Å². The fourth-order valence-electron chi connectivity index (χ4n) is 1.45. The molecule has 0 bridgehead atoms. The van der Waals surface area contributed by atoms with Crippen LogP contribution in [0.1, 0.15) is 44.0 Å². The van der Waals surface area contributed by atoms with E-state index in [2.05, 4.69) is 20.8 Å². The first-order valence-electron chi connectivity index (χ1n) is 5.89. The first kappa shape index (κ1) is 13.3. The summed E-state index contributed by atoms with van der Waals surface area (Å²) in [5.41, 5.74) is 0.842. The Kier molecular flexibility index (Phi) is 5.61. The summed E-state index contributed by atoms with van der Waals surface area (Å²) < 4.78 is 0. The Labute approximate surface area is 103 Å². The third-order valence-corrected chi connectivity index (χ3v) is 3.46. The molecule has 0 N–H and O–H groups in total. The first-order chi connectivity index (χ1) is 7.63. The van der Waals surface area contributed by atoms with Crippen LogP contribution in [0.3, 0.4) is 0 Å². The Morgan fingerprint density at radius 1 is 1.25 bits per heavy atom. The molecule has 1 aromatic carbocycles. The predicted octanol–water partition coefficient (Wildman–Crippen LogP) is 4.42. The van der Waals surface area contributed by atoms with E-state index in [-0.39, 0.29) is 5.78 Å². The molecule has 0 aliphatic rings. The number of carbonyl (C=O) groups is 1. The van der Waals surface area contributed by atoms with Crippen LogP contribution in [0, 0.1) is 5.92 Å². The van der Waals surface area contributed by atoms with E-state index in [1.54, 1.807) is 0 Å². The van der Waals surface area contributed by atoms with Crippen LogP contribution in [0.2, 0.25) is 0 Å². The minimum atomic E-state index is 0.252. The monoisotopic (exact) mass is 236 g/mol. The topological polar surface area (TPSA) is 17.1 Å². The Morgan fingerprint density at radius 2 is 1.88 bits per heavy atom. The van der Waals surface area contributed by atoms with E-state index in [0.29, 0.717) is 12.3 Å². The van der Waals surface area contributed by atoms with Crippen molar-refractivity contribution in [2.24, 2.45) is 5.92 Å². The molecule has 1 rings (SSSR count). The second-order valence-electron chi connectivity index (χ2n) is 4.39. The molecular formula is C14H20OS. The van der Waals surface area contributed by atoms with E-state index >= 15 is 0 Å². The summed E-state index contributed by atoms with van der Waals surface area (Å²) in [6.45, 7) is 6.32. The van der Waals surface area contributed by atoms with Gasteiger partial charge in [-0.15, -0.1) is 11.8 Å². The summed E-state index contributed by atoms with van der Waals surface area (Å²) in [5.74, 6) is 1.82. The Hall–Kier alpha value is -0.760. The smallest absolute Gasteiger partial charge is 0.163 e. The molecule has 0 unspecified atom stereocenters. The minimum Gasteiger partial charge on any atom is -0.294 e. The summed E-state index contributed by atoms with van der Waals surface area (Å²) in [5, 5.41) is 0. The SMILES string of the molecule is CCCSc1ccc(C(=O)CC(C)C)cc1. The number of hydrogen-bond donors (Lipinski definition) is 0. The highest BCUT2D eigenvalue weighted by molar-refractivity contribution is 7.99. The fraction of sp³-hybridized carbons (Fsp3) is 0.500.